The maximum absolute atomic E-state index is 10.0. The van der Waals surface area contributed by atoms with Gasteiger partial charge in [-0.3, -0.25) is 0 Å². The quantitative estimate of drug-likeness (QED) is 0.847. The fourth-order valence-electron chi connectivity index (χ4n) is 3.02. The van der Waals surface area contributed by atoms with Crippen molar-refractivity contribution in [3.05, 3.63) is 65.2 Å². The number of para-hydroxylation sites is 1. The van der Waals surface area contributed by atoms with Crippen molar-refractivity contribution in [2.45, 2.75) is 12.3 Å². The molecule has 0 fully saturated rings. The Bertz CT molecular complexity index is 563. The zero-order valence-corrected chi connectivity index (χ0v) is 10.1. The average molecular weight is 240 g/mol. The second kappa shape index (κ2) is 4.46. The van der Waals surface area contributed by atoms with Crippen molar-refractivity contribution in [3.63, 3.8) is 0 Å². The largest absolute Gasteiger partial charge is 0.508 e. The van der Waals surface area contributed by atoms with Gasteiger partial charge in [-0.05, 0) is 29.5 Å². The predicted molar refractivity (Wildman–Crippen MR) is 70.7 cm³/mol. The summed E-state index contributed by atoms with van der Waals surface area (Å²) in [6.07, 6.45) is 0.881. The molecule has 2 aromatic carbocycles. The van der Waals surface area contributed by atoms with Crippen molar-refractivity contribution in [1.82, 2.24) is 0 Å². The van der Waals surface area contributed by atoms with Gasteiger partial charge in [0.05, 0.1) is 0 Å². The van der Waals surface area contributed by atoms with Crippen molar-refractivity contribution in [2.75, 3.05) is 6.61 Å². The molecule has 2 aromatic rings. The van der Waals surface area contributed by atoms with Crippen molar-refractivity contribution < 1.29 is 10.2 Å². The molecule has 0 aliphatic heterocycles. The minimum atomic E-state index is 0.104. The molecule has 0 bridgehead atoms. The summed E-state index contributed by atoms with van der Waals surface area (Å²) in [6, 6.07) is 15.7. The smallest absolute Gasteiger partial charge is 0.119 e. The first-order valence-corrected chi connectivity index (χ1v) is 6.28. The third kappa shape index (κ3) is 1.70. The highest BCUT2D eigenvalue weighted by Crippen LogP contribution is 2.44. The molecule has 0 aromatic heterocycles. The van der Waals surface area contributed by atoms with E-state index >= 15 is 0 Å². The van der Waals surface area contributed by atoms with Crippen molar-refractivity contribution in [1.29, 1.82) is 0 Å². The van der Waals surface area contributed by atoms with E-state index in [4.69, 9.17) is 0 Å². The zero-order valence-electron chi connectivity index (χ0n) is 10.1. The summed E-state index contributed by atoms with van der Waals surface area (Å²) in [5, 5.41) is 19.6. The van der Waals surface area contributed by atoms with E-state index < -0.39 is 0 Å². The normalized spacial score (nSPS) is 21.8. The Morgan fingerprint density at radius 1 is 0.944 bits per heavy atom. The number of hydrogen-bond donors (Lipinski definition) is 2. The topological polar surface area (TPSA) is 40.5 Å². The molecule has 2 atom stereocenters. The summed E-state index contributed by atoms with van der Waals surface area (Å²) < 4.78 is 0. The van der Waals surface area contributed by atoms with Gasteiger partial charge in [0.2, 0.25) is 0 Å². The standard InChI is InChI=1S/C16H16O2/c17-10-12-9-11-5-1-2-6-13(11)16(12)14-7-3-4-8-15(14)18/h1-8,12,16-18H,9-10H2/t12-,16?/m0/s1. The molecule has 2 heteroatoms. The van der Waals surface area contributed by atoms with Gasteiger partial charge in [0.1, 0.15) is 5.75 Å². The van der Waals surface area contributed by atoms with Gasteiger partial charge in [-0.1, -0.05) is 42.5 Å². The minimum Gasteiger partial charge on any atom is -0.508 e. The van der Waals surface area contributed by atoms with Gasteiger partial charge < -0.3 is 10.2 Å². The molecule has 0 spiro atoms. The molecule has 0 amide bonds. The number of benzene rings is 2. The van der Waals surface area contributed by atoms with Crippen molar-refractivity contribution in [2.24, 2.45) is 5.92 Å². The maximum atomic E-state index is 10.0. The van der Waals surface area contributed by atoms with Crippen LogP contribution in [0.5, 0.6) is 5.75 Å². The van der Waals surface area contributed by atoms with Crippen LogP contribution in [0.2, 0.25) is 0 Å². The van der Waals surface area contributed by atoms with Gasteiger partial charge in [0.25, 0.3) is 0 Å². The first-order valence-electron chi connectivity index (χ1n) is 6.28. The number of aromatic hydroxyl groups is 1. The Kier molecular flexibility index (Phi) is 2.80. The first kappa shape index (κ1) is 11.3. The molecule has 1 unspecified atom stereocenters. The van der Waals surface area contributed by atoms with E-state index in [2.05, 4.69) is 12.1 Å². The summed E-state index contributed by atoms with van der Waals surface area (Å²) in [5.74, 6) is 0.584. The van der Waals surface area contributed by atoms with Gasteiger partial charge in [-0.2, -0.15) is 0 Å². The van der Waals surface area contributed by atoms with E-state index in [1.54, 1.807) is 6.07 Å². The van der Waals surface area contributed by atoms with Crippen LogP contribution in [0.15, 0.2) is 48.5 Å². The van der Waals surface area contributed by atoms with E-state index in [1.807, 2.05) is 30.3 Å². The van der Waals surface area contributed by atoms with Crippen LogP contribution in [-0.2, 0) is 6.42 Å². The maximum Gasteiger partial charge on any atom is 0.119 e. The molecule has 0 heterocycles. The van der Waals surface area contributed by atoms with Crippen molar-refractivity contribution in [3.8, 4) is 5.75 Å². The molecular formula is C16H16O2. The van der Waals surface area contributed by atoms with Crippen LogP contribution in [0.25, 0.3) is 0 Å². The highest BCUT2D eigenvalue weighted by Gasteiger charge is 2.34. The molecule has 1 aliphatic carbocycles. The molecule has 3 rings (SSSR count). The number of hydrogen-bond acceptors (Lipinski definition) is 2. The van der Waals surface area contributed by atoms with E-state index in [0.29, 0.717) is 5.75 Å². The number of phenols is 1. The lowest BCUT2D eigenvalue weighted by atomic mass is 9.86. The summed E-state index contributed by atoms with van der Waals surface area (Å²) in [7, 11) is 0. The Balaban J connectivity index is 2.12. The molecule has 0 radical (unpaired) electrons. The lowest BCUT2D eigenvalue weighted by Gasteiger charge is -2.20. The summed E-state index contributed by atoms with van der Waals surface area (Å²) in [4.78, 5) is 0. The van der Waals surface area contributed by atoms with E-state index in [0.717, 1.165) is 12.0 Å². The van der Waals surface area contributed by atoms with E-state index in [-0.39, 0.29) is 18.4 Å². The summed E-state index contributed by atoms with van der Waals surface area (Å²) in [5.41, 5.74) is 3.43. The highest BCUT2D eigenvalue weighted by atomic mass is 16.3. The summed E-state index contributed by atoms with van der Waals surface area (Å²) >= 11 is 0. The zero-order chi connectivity index (χ0) is 12.5. The van der Waals surface area contributed by atoms with Crippen LogP contribution in [0.4, 0.5) is 0 Å². The second-order valence-electron chi connectivity index (χ2n) is 4.88. The number of fused-ring (bicyclic) bond motifs is 1. The van der Waals surface area contributed by atoms with Crippen LogP contribution in [0.1, 0.15) is 22.6 Å². The van der Waals surface area contributed by atoms with Gasteiger partial charge in [-0.15, -0.1) is 0 Å². The molecule has 0 saturated heterocycles. The lowest BCUT2D eigenvalue weighted by Crippen LogP contribution is -2.13. The fourth-order valence-corrected chi connectivity index (χ4v) is 3.02. The molecule has 18 heavy (non-hydrogen) atoms. The molecular weight excluding hydrogens is 224 g/mol. The Morgan fingerprint density at radius 2 is 1.61 bits per heavy atom. The molecule has 92 valence electrons. The number of rotatable bonds is 2. The van der Waals surface area contributed by atoms with Gasteiger partial charge in [0.15, 0.2) is 0 Å². The SMILES string of the molecule is OC[C@@H]1Cc2ccccc2C1c1ccccc1O. The molecule has 1 aliphatic rings. The second-order valence-corrected chi connectivity index (χ2v) is 4.88. The third-order valence-electron chi connectivity index (χ3n) is 3.85. The first-order chi connectivity index (χ1) is 8.81. The van der Waals surface area contributed by atoms with E-state index in [9.17, 15) is 10.2 Å². The summed E-state index contributed by atoms with van der Waals surface area (Å²) in [6.45, 7) is 0.147. The number of aliphatic hydroxyl groups is 1. The van der Waals surface area contributed by atoms with Crippen LogP contribution in [0.3, 0.4) is 0 Å². The monoisotopic (exact) mass is 240 g/mol. The number of aliphatic hydroxyl groups excluding tert-OH is 1. The van der Waals surface area contributed by atoms with Gasteiger partial charge >= 0.3 is 0 Å². The van der Waals surface area contributed by atoms with Crippen LogP contribution >= 0.6 is 0 Å². The minimum absolute atomic E-state index is 0.104. The lowest BCUT2D eigenvalue weighted by molar-refractivity contribution is 0.220. The average Bonchev–Trinajstić information content (AvgIpc) is 2.78. The Hall–Kier alpha value is -1.80. The Labute approximate surface area is 107 Å². The third-order valence-corrected chi connectivity index (χ3v) is 3.85. The van der Waals surface area contributed by atoms with Crippen molar-refractivity contribution >= 4 is 0 Å². The number of phenolic OH excluding ortho intramolecular Hbond substituents is 1. The predicted octanol–water partition coefficient (Wildman–Crippen LogP) is 2.69. The molecule has 2 N–H and O–H groups in total. The molecule has 0 saturated carbocycles. The van der Waals surface area contributed by atoms with Crippen LogP contribution in [0, 0.1) is 5.92 Å². The van der Waals surface area contributed by atoms with Crippen LogP contribution < -0.4 is 0 Å². The molecule has 2 nitrogen and oxygen atoms in total. The highest BCUT2D eigenvalue weighted by molar-refractivity contribution is 5.47. The Morgan fingerprint density at radius 3 is 2.33 bits per heavy atom. The van der Waals surface area contributed by atoms with Gasteiger partial charge in [0, 0.05) is 18.1 Å². The van der Waals surface area contributed by atoms with Crippen LogP contribution in [-0.4, -0.2) is 16.8 Å². The fraction of sp³-hybridized carbons (Fsp3) is 0.250. The van der Waals surface area contributed by atoms with Gasteiger partial charge in [-0.25, -0.2) is 0 Å². The van der Waals surface area contributed by atoms with E-state index in [1.165, 1.54) is 11.1 Å².